The number of nitrogens with zero attached hydrogens (tertiary/aromatic N) is 4. The van der Waals surface area contributed by atoms with Gasteiger partial charge < -0.3 is 39.9 Å². The van der Waals surface area contributed by atoms with Gasteiger partial charge in [-0.05, 0) is 60.3 Å². The van der Waals surface area contributed by atoms with Crippen LogP contribution in [0.1, 0.15) is 90.1 Å². The maximum atomic E-state index is 13.5. The third-order valence-electron chi connectivity index (χ3n) is 9.51. The molecule has 0 aliphatic heterocycles. The van der Waals surface area contributed by atoms with E-state index in [-0.39, 0.29) is 30.8 Å². The van der Waals surface area contributed by atoms with Crippen LogP contribution in [0, 0.1) is 44.5 Å². The normalized spacial score (nSPS) is 11.2. The summed E-state index contributed by atoms with van der Waals surface area (Å²) in [5, 5.41) is 5.15. The molecule has 14 nitrogen and oxygen atoms in total. The van der Waals surface area contributed by atoms with Gasteiger partial charge in [0, 0.05) is 24.3 Å². The molecule has 0 fully saturated rings. The van der Waals surface area contributed by atoms with Crippen molar-refractivity contribution < 1.29 is 28.7 Å². The van der Waals surface area contributed by atoms with Crippen LogP contribution in [-0.2, 0) is 45.0 Å². The van der Waals surface area contributed by atoms with Gasteiger partial charge in [-0.1, -0.05) is 90.4 Å². The number of fused-ring (bicyclic) bond motifs is 3. The van der Waals surface area contributed by atoms with E-state index < -0.39 is 18.2 Å². The summed E-state index contributed by atoms with van der Waals surface area (Å²) in [6.45, 7) is 13.6. The van der Waals surface area contributed by atoms with Crippen LogP contribution in [0.25, 0.3) is 33.6 Å². The van der Waals surface area contributed by atoms with Crippen LogP contribution in [-0.4, -0.2) is 93.6 Å². The van der Waals surface area contributed by atoms with Gasteiger partial charge in [-0.15, -0.1) is 38.5 Å². The van der Waals surface area contributed by atoms with Crippen molar-refractivity contribution in [1.29, 1.82) is 0 Å². The third kappa shape index (κ3) is 16.1. The molecule has 0 bridgehead atoms. The van der Waals surface area contributed by atoms with Gasteiger partial charge in [0.25, 0.3) is 0 Å². The van der Waals surface area contributed by atoms with Gasteiger partial charge in [-0.2, -0.15) is 0 Å². The molecule has 63 heavy (non-hydrogen) atoms. The van der Waals surface area contributed by atoms with Gasteiger partial charge >= 0.3 is 12.2 Å². The minimum atomic E-state index is -0.708. The number of terminal acetylenes is 3. The average molecular weight is 863 g/mol. The molecule has 338 valence electrons. The van der Waals surface area contributed by atoms with Crippen molar-refractivity contribution in [2.45, 2.75) is 99.2 Å². The topological polar surface area (TPSA) is 175 Å². The molecule has 1 unspecified atom stereocenters. The molecule has 0 spiro atoms. The summed E-state index contributed by atoms with van der Waals surface area (Å²) >= 11 is 0. The highest BCUT2D eigenvalue weighted by atomic mass is 16.5. The molecule has 0 saturated heterocycles. The van der Waals surface area contributed by atoms with E-state index in [0.29, 0.717) is 31.3 Å². The number of aromatic amines is 2. The molecule has 4 aromatic rings. The minimum absolute atomic E-state index is 0.119. The molecular weight excluding hydrogens is 797 g/mol. The van der Waals surface area contributed by atoms with Crippen LogP contribution in [0.15, 0.2) is 48.7 Å². The van der Waals surface area contributed by atoms with E-state index in [2.05, 4.69) is 125 Å². The van der Waals surface area contributed by atoms with E-state index in [0.717, 1.165) is 71.4 Å². The molecule has 1 aliphatic rings. The summed E-state index contributed by atoms with van der Waals surface area (Å²) in [5.74, 6) is 0.875. The molecule has 4 amide bonds. The summed E-state index contributed by atoms with van der Waals surface area (Å²) in [6.07, 6.45) is 30.0. The second-order valence-corrected chi connectivity index (χ2v) is 14.5. The molecule has 0 radical (unpaired) electrons. The van der Waals surface area contributed by atoms with Gasteiger partial charge in [-0.25, -0.2) is 19.6 Å². The molecule has 14 heteroatoms. The maximum Gasteiger partial charge on any atom is 0.407 e. The Morgan fingerprint density at radius 2 is 1.33 bits per heavy atom. The number of imidazole rings is 2. The van der Waals surface area contributed by atoms with Gasteiger partial charge in [0.05, 0.1) is 44.9 Å². The summed E-state index contributed by atoms with van der Waals surface area (Å²) in [7, 11) is 2.55. The second-order valence-electron chi connectivity index (χ2n) is 14.5. The lowest BCUT2D eigenvalue weighted by Crippen LogP contribution is -2.51. The molecule has 5 rings (SSSR count). The van der Waals surface area contributed by atoms with E-state index >= 15 is 0 Å². The summed E-state index contributed by atoms with van der Waals surface area (Å²) in [6, 6.07) is 14.1. The Hall–Kier alpha value is -6.98. The summed E-state index contributed by atoms with van der Waals surface area (Å²) in [5.41, 5.74) is 8.31. The lowest BCUT2D eigenvalue weighted by atomic mass is 9.95. The predicted octanol–water partition coefficient (Wildman–Crippen LogP) is 8.00. The Bertz CT molecular complexity index is 2060. The third-order valence-corrected chi connectivity index (χ3v) is 9.51. The Morgan fingerprint density at radius 1 is 0.762 bits per heavy atom. The van der Waals surface area contributed by atoms with Crippen molar-refractivity contribution in [3.05, 3.63) is 71.6 Å². The Morgan fingerprint density at radius 3 is 1.92 bits per heavy atom. The highest BCUT2D eigenvalue weighted by molar-refractivity contribution is 5.86. The van der Waals surface area contributed by atoms with Crippen molar-refractivity contribution in [3.63, 3.8) is 0 Å². The highest BCUT2D eigenvalue weighted by Gasteiger charge is 2.29. The standard InChI is InChI=1S/C40H52N8O6.C3H8.3C2H2/c1-7-18-47(35(49)22-42-39(51)53-5)24-34-43-31-11-9-10-29-20-28(16-17-30(29)37(31)45-34)26-12-14-27(15-13-26)32-21-41-33(44-32)23-48(19-8-2)38(50)36(25(3)4)46-40(52)54-6;1-3-2;3*1-2/h12-17,20-21,25,36H,7-11,18-19,22-24H2,1-6H3,(H,41,44)(H,42,51)(H,43,45)(H,46,52);3H2,1-2H3;3*1-2H. The molecule has 0 saturated carbocycles. The van der Waals surface area contributed by atoms with Crippen LogP contribution in [0.3, 0.4) is 0 Å². The fourth-order valence-electron chi connectivity index (χ4n) is 6.73. The zero-order chi connectivity index (χ0) is 47.5. The number of hydrogen-bond donors (Lipinski definition) is 4. The number of nitrogens with one attached hydrogen (secondary N) is 4. The first kappa shape index (κ1) is 54.0. The summed E-state index contributed by atoms with van der Waals surface area (Å²) < 4.78 is 9.34. The number of hydrogen-bond acceptors (Lipinski definition) is 8. The van der Waals surface area contributed by atoms with Gasteiger partial charge in [0.15, 0.2) is 0 Å². The zero-order valence-corrected chi connectivity index (χ0v) is 38.3. The first-order valence-electron chi connectivity index (χ1n) is 21.0. The Balaban J connectivity index is 0.00000206. The van der Waals surface area contributed by atoms with Crippen LogP contribution in [0.2, 0.25) is 0 Å². The van der Waals surface area contributed by atoms with Crippen molar-refractivity contribution in [1.82, 2.24) is 40.4 Å². The quantitative estimate of drug-likeness (QED) is 0.0870. The SMILES string of the molecule is C#C.C#C.C#C.CCC.CCCN(Cc1nc2c([nH]1)CCCc1cc(-c3ccc(-c4cnc(CN(CCC)C(=O)C(NC(=O)OC)C(C)C)[nH]4)cc3)ccc1-2)C(=O)CNC(=O)OC. The number of amides is 4. The van der Waals surface area contributed by atoms with Crippen molar-refractivity contribution >= 4 is 24.0 Å². The van der Waals surface area contributed by atoms with Gasteiger partial charge in [0.1, 0.15) is 24.2 Å². The molecule has 1 aliphatic carbocycles. The predicted molar refractivity (Wildman–Crippen MR) is 251 cm³/mol. The van der Waals surface area contributed by atoms with Gasteiger partial charge in [-0.3, -0.25) is 9.59 Å². The number of carbonyl (C=O) groups is 4. The lowest BCUT2D eigenvalue weighted by molar-refractivity contribution is -0.135. The number of aromatic nitrogens is 4. The summed E-state index contributed by atoms with van der Waals surface area (Å²) in [4.78, 5) is 69.6. The molecule has 2 aromatic carbocycles. The monoisotopic (exact) mass is 863 g/mol. The molecular formula is C49H66N8O6. The van der Waals surface area contributed by atoms with Crippen molar-refractivity contribution in [2.75, 3.05) is 33.9 Å². The number of H-pyrrole nitrogens is 2. The van der Waals surface area contributed by atoms with E-state index in [4.69, 9.17) is 9.72 Å². The average Bonchev–Trinajstić information content (AvgIpc) is 3.91. The molecule has 2 heterocycles. The number of rotatable bonds is 15. The number of alkyl carbamates (subject to hydrolysis) is 2. The number of methoxy groups -OCH3 is 2. The fraction of sp³-hybridized carbons (Fsp3) is 0.429. The molecule has 1 atom stereocenters. The fourth-order valence-corrected chi connectivity index (χ4v) is 6.73. The van der Waals surface area contributed by atoms with Crippen LogP contribution in [0.5, 0.6) is 0 Å². The highest BCUT2D eigenvalue weighted by Crippen LogP contribution is 2.35. The lowest BCUT2D eigenvalue weighted by Gasteiger charge is -2.28. The first-order chi connectivity index (χ1) is 30.5. The minimum Gasteiger partial charge on any atom is -0.453 e. The van der Waals surface area contributed by atoms with E-state index in [1.54, 1.807) is 16.0 Å². The van der Waals surface area contributed by atoms with Crippen molar-refractivity contribution in [2.24, 2.45) is 5.92 Å². The smallest absolute Gasteiger partial charge is 0.407 e. The van der Waals surface area contributed by atoms with Crippen molar-refractivity contribution in [3.8, 4) is 72.2 Å². The van der Waals surface area contributed by atoms with E-state index in [1.165, 1.54) is 26.2 Å². The van der Waals surface area contributed by atoms with E-state index in [1.807, 2.05) is 27.7 Å². The molecule has 4 N–H and O–H groups in total. The van der Waals surface area contributed by atoms with Crippen LogP contribution in [0.4, 0.5) is 9.59 Å². The van der Waals surface area contributed by atoms with Crippen LogP contribution < -0.4 is 10.6 Å². The number of aryl methyl sites for hydroxylation is 2. The molecule has 2 aromatic heterocycles. The number of carbonyl (C=O) groups excluding carboxylic acids is 4. The largest absolute Gasteiger partial charge is 0.453 e. The van der Waals surface area contributed by atoms with Gasteiger partial charge in [0.2, 0.25) is 11.8 Å². The Labute approximate surface area is 374 Å². The zero-order valence-electron chi connectivity index (χ0n) is 38.3. The number of ether oxygens (including phenoxy) is 2. The maximum absolute atomic E-state index is 13.5. The number of benzene rings is 2. The first-order valence-corrected chi connectivity index (χ1v) is 21.0. The Kier molecular flexibility index (Phi) is 25.1. The van der Waals surface area contributed by atoms with E-state index in [9.17, 15) is 19.2 Å². The second kappa shape index (κ2) is 29.3. The van der Waals surface area contributed by atoms with Crippen LogP contribution >= 0.6 is 0 Å².